The van der Waals surface area contributed by atoms with Gasteiger partial charge in [-0.15, -0.1) is 0 Å². The van der Waals surface area contributed by atoms with Crippen molar-refractivity contribution in [1.82, 2.24) is 4.98 Å². The molecule has 2 rings (SSSR count). The predicted octanol–water partition coefficient (Wildman–Crippen LogP) is 1.70. The number of anilines is 1. The second kappa shape index (κ2) is 5.66. The molecule has 20 heavy (non-hydrogen) atoms. The van der Waals surface area contributed by atoms with E-state index >= 15 is 0 Å². The molecule has 6 heteroatoms. The number of carbonyl (C=O) groups excluding carboxylic acids is 1. The van der Waals surface area contributed by atoms with Crippen LogP contribution in [0.4, 0.5) is 5.69 Å². The number of thiocarbonyl (C=S) groups is 1. The van der Waals surface area contributed by atoms with E-state index in [1.165, 1.54) is 23.4 Å². The van der Waals surface area contributed by atoms with Crippen LogP contribution < -0.4 is 10.6 Å². The minimum atomic E-state index is -0.367. The van der Waals surface area contributed by atoms with Crippen LogP contribution in [0, 0.1) is 0 Å². The SMILES string of the molecule is CN(C(=O)c1ccncc1O)c1ccccc1C(N)=S. The predicted molar refractivity (Wildman–Crippen MR) is 81.0 cm³/mol. The number of benzene rings is 1. The Labute approximate surface area is 121 Å². The summed E-state index contributed by atoms with van der Waals surface area (Å²) >= 11 is 4.98. The van der Waals surface area contributed by atoms with Crippen LogP contribution in [0.15, 0.2) is 42.7 Å². The van der Waals surface area contributed by atoms with Crippen molar-refractivity contribution in [3.63, 3.8) is 0 Å². The van der Waals surface area contributed by atoms with E-state index < -0.39 is 0 Å². The molecule has 0 fully saturated rings. The summed E-state index contributed by atoms with van der Waals surface area (Å²) in [5.41, 5.74) is 7.01. The number of nitrogens with zero attached hydrogens (tertiary/aromatic N) is 2. The molecule has 2 aromatic rings. The Morgan fingerprint density at radius 3 is 2.65 bits per heavy atom. The summed E-state index contributed by atoms with van der Waals surface area (Å²) < 4.78 is 0. The van der Waals surface area contributed by atoms with Crippen molar-refractivity contribution in [1.29, 1.82) is 0 Å². The minimum absolute atomic E-state index is 0.167. The second-order valence-electron chi connectivity index (χ2n) is 4.14. The molecule has 0 radical (unpaired) electrons. The van der Waals surface area contributed by atoms with Crippen LogP contribution in [0.5, 0.6) is 5.75 Å². The molecule has 3 N–H and O–H groups in total. The summed E-state index contributed by atoms with van der Waals surface area (Å²) in [6.45, 7) is 0. The van der Waals surface area contributed by atoms with Crippen LogP contribution >= 0.6 is 12.2 Å². The van der Waals surface area contributed by atoms with Crippen molar-refractivity contribution >= 4 is 28.8 Å². The first-order valence-electron chi connectivity index (χ1n) is 5.82. The minimum Gasteiger partial charge on any atom is -0.505 e. The molecule has 0 bridgehead atoms. The van der Waals surface area contributed by atoms with E-state index in [4.69, 9.17) is 18.0 Å². The number of pyridine rings is 1. The van der Waals surface area contributed by atoms with Gasteiger partial charge >= 0.3 is 0 Å². The molecular weight excluding hydrogens is 274 g/mol. The fourth-order valence-corrected chi connectivity index (χ4v) is 2.00. The molecular formula is C14H13N3O2S. The highest BCUT2D eigenvalue weighted by Gasteiger charge is 2.19. The quantitative estimate of drug-likeness (QED) is 0.840. The summed E-state index contributed by atoms with van der Waals surface area (Å²) in [5, 5.41) is 9.69. The monoisotopic (exact) mass is 287 g/mol. The molecule has 5 nitrogen and oxygen atoms in total. The van der Waals surface area contributed by atoms with Gasteiger partial charge in [-0.25, -0.2) is 0 Å². The molecule has 0 aliphatic heterocycles. The molecule has 1 aromatic carbocycles. The number of aromatic nitrogens is 1. The first-order chi connectivity index (χ1) is 9.52. The Balaban J connectivity index is 2.42. The van der Waals surface area contributed by atoms with E-state index in [1.807, 2.05) is 0 Å². The van der Waals surface area contributed by atoms with Gasteiger partial charge < -0.3 is 15.7 Å². The van der Waals surface area contributed by atoms with Crippen LogP contribution in [0.2, 0.25) is 0 Å². The molecule has 0 saturated heterocycles. The Morgan fingerprint density at radius 1 is 1.30 bits per heavy atom. The van der Waals surface area contributed by atoms with Gasteiger partial charge in [-0.05, 0) is 18.2 Å². The number of amides is 1. The Bertz CT molecular complexity index is 673. The van der Waals surface area contributed by atoms with Gasteiger partial charge in [-0.2, -0.15) is 0 Å². The van der Waals surface area contributed by atoms with E-state index in [-0.39, 0.29) is 22.2 Å². The highest BCUT2D eigenvalue weighted by atomic mass is 32.1. The van der Waals surface area contributed by atoms with Gasteiger partial charge in [-0.3, -0.25) is 9.78 Å². The number of hydrogen-bond acceptors (Lipinski definition) is 4. The zero-order valence-electron chi connectivity index (χ0n) is 10.8. The standard InChI is InChI=1S/C14H13N3O2S/c1-17(11-5-3-2-4-9(11)13(15)20)14(19)10-6-7-16-8-12(10)18/h2-8,18H,1H3,(H2,15,20). The van der Waals surface area contributed by atoms with Crippen molar-refractivity contribution in [2.45, 2.75) is 0 Å². The number of rotatable bonds is 3. The third-order valence-corrected chi connectivity index (χ3v) is 3.09. The molecule has 0 unspecified atom stereocenters. The molecule has 1 heterocycles. The highest BCUT2D eigenvalue weighted by Crippen LogP contribution is 2.23. The molecule has 1 amide bonds. The zero-order valence-corrected chi connectivity index (χ0v) is 11.6. The molecule has 0 atom stereocenters. The first-order valence-corrected chi connectivity index (χ1v) is 6.23. The average Bonchev–Trinajstić information content (AvgIpc) is 2.46. The van der Waals surface area contributed by atoms with Gasteiger partial charge in [0.15, 0.2) is 0 Å². The van der Waals surface area contributed by atoms with Crippen LogP contribution in [0.25, 0.3) is 0 Å². The normalized spacial score (nSPS) is 10.1. The van der Waals surface area contributed by atoms with E-state index in [2.05, 4.69) is 4.98 Å². The summed E-state index contributed by atoms with van der Waals surface area (Å²) in [6, 6.07) is 8.52. The third kappa shape index (κ3) is 2.60. The van der Waals surface area contributed by atoms with Gasteiger partial charge in [0.1, 0.15) is 10.7 Å². The van der Waals surface area contributed by atoms with E-state index in [9.17, 15) is 9.90 Å². The molecule has 0 spiro atoms. The number of para-hydroxylation sites is 1. The van der Waals surface area contributed by atoms with Crippen molar-refractivity contribution in [3.05, 3.63) is 53.9 Å². The van der Waals surface area contributed by atoms with Crippen LogP contribution in [-0.2, 0) is 0 Å². The molecule has 0 aliphatic rings. The number of aromatic hydroxyl groups is 1. The first kappa shape index (κ1) is 14.0. The summed E-state index contributed by atoms with van der Waals surface area (Å²) in [5.74, 6) is -0.536. The average molecular weight is 287 g/mol. The molecule has 0 saturated carbocycles. The summed E-state index contributed by atoms with van der Waals surface area (Å²) in [4.78, 5) is 17.7. The van der Waals surface area contributed by atoms with Crippen molar-refractivity contribution in [2.75, 3.05) is 11.9 Å². The topological polar surface area (TPSA) is 79.5 Å². The van der Waals surface area contributed by atoms with E-state index in [0.717, 1.165) is 0 Å². The molecule has 102 valence electrons. The van der Waals surface area contributed by atoms with Crippen LogP contribution in [-0.4, -0.2) is 28.0 Å². The van der Waals surface area contributed by atoms with Gasteiger partial charge in [0.25, 0.3) is 5.91 Å². The lowest BCUT2D eigenvalue weighted by Crippen LogP contribution is -2.28. The fraction of sp³-hybridized carbons (Fsp3) is 0.0714. The van der Waals surface area contributed by atoms with Crippen LogP contribution in [0.3, 0.4) is 0 Å². The van der Waals surface area contributed by atoms with Gasteiger partial charge in [0, 0.05) is 18.8 Å². The number of hydrogen-bond donors (Lipinski definition) is 2. The maximum atomic E-state index is 12.4. The van der Waals surface area contributed by atoms with Crippen molar-refractivity contribution in [3.8, 4) is 5.75 Å². The van der Waals surface area contributed by atoms with Crippen LogP contribution in [0.1, 0.15) is 15.9 Å². The lowest BCUT2D eigenvalue weighted by atomic mass is 10.1. The van der Waals surface area contributed by atoms with Crippen molar-refractivity contribution in [2.24, 2.45) is 5.73 Å². The number of nitrogens with two attached hydrogens (primary N) is 1. The van der Waals surface area contributed by atoms with Crippen molar-refractivity contribution < 1.29 is 9.90 Å². The lowest BCUT2D eigenvalue weighted by Gasteiger charge is -2.20. The summed E-state index contributed by atoms with van der Waals surface area (Å²) in [7, 11) is 1.60. The number of carbonyl (C=O) groups is 1. The lowest BCUT2D eigenvalue weighted by molar-refractivity contribution is 0.0990. The largest absolute Gasteiger partial charge is 0.505 e. The van der Waals surface area contributed by atoms with Gasteiger partial charge in [-0.1, -0.05) is 24.4 Å². The Kier molecular flexibility index (Phi) is 3.95. The van der Waals surface area contributed by atoms with Gasteiger partial charge in [0.2, 0.25) is 0 Å². The third-order valence-electron chi connectivity index (χ3n) is 2.87. The smallest absolute Gasteiger partial charge is 0.261 e. The zero-order chi connectivity index (χ0) is 14.7. The highest BCUT2D eigenvalue weighted by molar-refractivity contribution is 7.80. The fourth-order valence-electron chi connectivity index (χ4n) is 1.83. The molecule has 1 aromatic heterocycles. The van der Waals surface area contributed by atoms with E-state index in [0.29, 0.717) is 11.3 Å². The van der Waals surface area contributed by atoms with E-state index in [1.54, 1.807) is 31.3 Å². The maximum Gasteiger partial charge on any atom is 0.261 e. The molecule has 0 aliphatic carbocycles. The second-order valence-corrected chi connectivity index (χ2v) is 4.58. The summed E-state index contributed by atoms with van der Waals surface area (Å²) in [6.07, 6.45) is 2.67. The Hall–Kier alpha value is -2.47. The maximum absolute atomic E-state index is 12.4. The van der Waals surface area contributed by atoms with Gasteiger partial charge in [0.05, 0.1) is 17.4 Å². The Morgan fingerprint density at radius 2 is 2.00 bits per heavy atom.